The number of nitrogens with zero attached hydrogens (tertiary/aromatic N) is 1. The highest BCUT2D eigenvalue weighted by Crippen LogP contribution is 2.39. The maximum Gasteiger partial charge on any atom is 0.164 e. The van der Waals surface area contributed by atoms with Crippen LogP contribution >= 0.6 is 12.4 Å². The Morgan fingerprint density at radius 3 is 2.63 bits per heavy atom. The molecule has 0 saturated carbocycles. The molecular formula is C23H30ClNO2. The molecule has 0 N–H and O–H groups in total. The van der Waals surface area contributed by atoms with Gasteiger partial charge in [-0.1, -0.05) is 55.8 Å². The minimum absolute atomic E-state index is 0. The molecule has 2 aromatic carbocycles. The lowest BCUT2D eigenvalue weighted by Crippen LogP contribution is -2.32. The van der Waals surface area contributed by atoms with Gasteiger partial charge < -0.3 is 9.64 Å². The van der Waals surface area contributed by atoms with Gasteiger partial charge >= 0.3 is 0 Å². The summed E-state index contributed by atoms with van der Waals surface area (Å²) in [5, 5.41) is 0. The number of carbonyl (C=O) groups is 1. The van der Waals surface area contributed by atoms with E-state index >= 15 is 0 Å². The van der Waals surface area contributed by atoms with E-state index in [1.807, 2.05) is 36.4 Å². The summed E-state index contributed by atoms with van der Waals surface area (Å²) >= 11 is 0. The second-order valence-electron chi connectivity index (χ2n) is 7.33. The molecule has 1 unspecified atom stereocenters. The van der Waals surface area contributed by atoms with Gasteiger partial charge in [0.15, 0.2) is 5.78 Å². The zero-order valence-corrected chi connectivity index (χ0v) is 17.1. The van der Waals surface area contributed by atoms with Gasteiger partial charge in [-0.2, -0.15) is 0 Å². The molecule has 1 heterocycles. The van der Waals surface area contributed by atoms with Crippen LogP contribution in [-0.4, -0.2) is 37.4 Å². The van der Waals surface area contributed by atoms with Crippen molar-refractivity contribution in [1.29, 1.82) is 0 Å². The zero-order valence-electron chi connectivity index (χ0n) is 16.3. The summed E-state index contributed by atoms with van der Waals surface area (Å²) in [4.78, 5) is 14.9. The predicted molar refractivity (Wildman–Crippen MR) is 113 cm³/mol. The van der Waals surface area contributed by atoms with Gasteiger partial charge in [-0.05, 0) is 37.1 Å². The summed E-state index contributed by atoms with van der Waals surface area (Å²) in [7, 11) is 1.72. The smallest absolute Gasteiger partial charge is 0.164 e. The number of benzene rings is 2. The number of halogens is 1. The normalized spacial score (nSPS) is 19.5. The van der Waals surface area contributed by atoms with Crippen molar-refractivity contribution >= 4 is 18.2 Å². The largest absolute Gasteiger partial charge is 0.497 e. The molecule has 0 spiro atoms. The molecule has 4 heteroatoms. The molecule has 3 rings (SSSR count). The highest BCUT2D eigenvalue weighted by Gasteiger charge is 2.38. The summed E-state index contributed by atoms with van der Waals surface area (Å²) in [6, 6.07) is 18.1. The number of carbonyl (C=O) groups excluding carboxylic acids is 1. The molecule has 146 valence electrons. The van der Waals surface area contributed by atoms with E-state index in [9.17, 15) is 4.79 Å². The lowest BCUT2D eigenvalue weighted by molar-refractivity contribution is 0.0967. The molecule has 3 nitrogen and oxygen atoms in total. The molecule has 0 amide bonds. The first-order valence-electron chi connectivity index (χ1n) is 9.62. The quantitative estimate of drug-likeness (QED) is 0.588. The maximum absolute atomic E-state index is 12.4. The molecule has 0 bridgehead atoms. The molecule has 1 fully saturated rings. The number of hydrogen-bond acceptors (Lipinski definition) is 3. The fraction of sp³-hybridized carbons (Fsp3) is 0.435. The molecule has 1 saturated heterocycles. The lowest BCUT2D eigenvalue weighted by atomic mass is 9.76. The van der Waals surface area contributed by atoms with Crippen molar-refractivity contribution < 1.29 is 9.53 Å². The van der Waals surface area contributed by atoms with Crippen molar-refractivity contribution in [2.45, 2.75) is 38.0 Å². The minimum Gasteiger partial charge on any atom is -0.497 e. The average Bonchev–Trinajstić information content (AvgIpc) is 3.11. The van der Waals surface area contributed by atoms with Crippen LogP contribution in [0.5, 0.6) is 5.75 Å². The third-order valence-electron chi connectivity index (χ3n) is 5.59. The van der Waals surface area contributed by atoms with E-state index in [0.717, 1.165) is 43.8 Å². The molecule has 27 heavy (non-hydrogen) atoms. The van der Waals surface area contributed by atoms with Crippen LogP contribution in [0.25, 0.3) is 0 Å². The summed E-state index contributed by atoms with van der Waals surface area (Å²) in [5.41, 5.74) is 2.37. The highest BCUT2D eigenvalue weighted by atomic mass is 35.5. The summed E-state index contributed by atoms with van der Waals surface area (Å²) in [6.45, 7) is 5.17. The van der Waals surface area contributed by atoms with Crippen molar-refractivity contribution in [3.05, 3.63) is 65.7 Å². The molecule has 0 radical (unpaired) electrons. The Bertz CT molecular complexity index is 734. The van der Waals surface area contributed by atoms with Gasteiger partial charge in [0, 0.05) is 30.5 Å². The van der Waals surface area contributed by atoms with Crippen molar-refractivity contribution in [2.24, 2.45) is 0 Å². The van der Waals surface area contributed by atoms with Gasteiger partial charge in [-0.25, -0.2) is 0 Å². The molecule has 1 aliphatic rings. The first kappa shape index (κ1) is 21.5. The van der Waals surface area contributed by atoms with Crippen molar-refractivity contribution in [2.75, 3.05) is 26.7 Å². The van der Waals surface area contributed by atoms with Crippen LogP contribution < -0.4 is 4.74 Å². The Kier molecular flexibility index (Phi) is 7.88. The SMILES string of the molecule is CCCC1(c2cccc(OC)c2)CCN(CCC(=O)c2ccccc2)C1.Cl. The number of methoxy groups -OCH3 is 1. The van der Waals surface area contributed by atoms with Crippen LogP contribution in [-0.2, 0) is 5.41 Å². The van der Waals surface area contributed by atoms with Gasteiger partial charge in [0.05, 0.1) is 7.11 Å². The molecule has 0 aromatic heterocycles. The number of likely N-dealkylation sites (tertiary alicyclic amines) is 1. The van der Waals surface area contributed by atoms with Crippen molar-refractivity contribution in [3.8, 4) is 5.75 Å². The second kappa shape index (κ2) is 9.91. The van der Waals surface area contributed by atoms with Gasteiger partial charge in [0.25, 0.3) is 0 Å². The van der Waals surface area contributed by atoms with Crippen molar-refractivity contribution in [3.63, 3.8) is 0 Å². The summed E-state index contributed by atoms with van der Waals surface area (Å²) < 4.78 is 5.43. The topological polar surface area (TPSA) is 29.5 Å². The number of rotatable bonds is 8. The van der Waals surface area contributed by atoms with Gasteiger partial charge in [-0.15, -0.1) is 12.4 Å². The lowest BCUT2D eigenvalue weighted by Gasteiger charge is -2.30. The Morgan fingerprint density at radius 1 is 1.15 bits per heavy atom. The van der Waals surface area contributed by atoms with Crippen LogP contribution in [0.2, 0.25) is 0 Å². The van der Waals surface area contributed by atoms with E-state index in [4.69, 9.17) is 4.74 Å². The minimum atomic E-state index is 0. The van der Waals surface area contributed by atoms with Crippen LogP contribution in [0.15, 0.2) is 54.6 Å². The van der Waals surface area contributed by atoms with E-state index in [1.54, 1.807) is 7.11 Å². The molecule has 0 aliphatic carbocycles. The monoisotopic (exact) mass is 387 g/mol. The van der Waals surface area contributed by atoms with E-state index in [-0.39, 0.29) is 23.6 Å². The third-order valence-corrected chi connectivity index (χ3v) is 5.59. The van der Waals surface area contributed by atoms with Crippen LogP contribution in [0.4, 0.5) is 0 Å². The van der Waals surface area contributed by atoms with E-state index in [0.29, 0.717) is 6.42 Å². The Morgan fingerprint density at radius 2 is 1.93 bits per heavy atom. The second-order valence-corrected chi connectivity index (χ2v) is 7.33. The van der Waals surface area contributed by atoms with Crippen LogP contribution in [0, 0.1) is 0 Å². The fourth-order valence-corrected chi connectivity index (χ4v) is 4.19. The number of ketones is 1. The van der Waals surface area contributed by atoms with E-state index < -0.39 is 0 Å². The predicted octanol–water partition coefficient (Wildman–Crippen LogP) is 5.13. The third kappa shape index (κ3) is 5.12. The van der Waals surface area contributed by atoms with Crippen molar-refractivity contribution in [1.82, 2.24) is 4.90 Å². The van der Waals surface area contributed by atoms with Crippen LogP contribution in [0.3, 0.4) is 0 Å². The summed E-state index contributed by atoms with van der Waals surface area (Å²) in [6.07, 6.45) is 4.06. The number of Topliss-reactive ketones (excluding diaryl/α,β-unsaturated/α-hetero) is 1. The van der Waals surface area contributed by atoms with Gasteiger partial charge in [0.2, 0.25) is 0 Å². The Hall–Kier alpha value is -1.84. The first-order chi connectivity index (χ1) is 12.7. The molecular weight excluding hydrogens is 358 g/mol. The number of ether oxygens (including phenoxy) is 1. The highest BCUT2D eigenvalue weighted by molar-refractivity contribution is 5.96. The average molecular weight is 388 g/mol. The van der Waals surface area contributed by atoms with E-state index in [2.05, 4.69) is 30.0 Å². The Balaban J connectivity index is 0.00000261. The summed E-state index contributed by atoms with van der Waals surface area (Å²) in [5.74, 6) is 1.16. The first-order valence-corrected chi connectivity index (χ1v) is 9.62. The maximum atomic E-state index is 12.4. The standard InChI is InChI=1S/C23H29NO2.ClH/c1-3-13-23(20-10-7-11-21(17-20)26-2)14-16-24(18-23)15-12-22(25)19-8-5-4-6-9-19;/h4-11,17H,3,12-16,18H2,1-2H3;1H. The molecule has 1 atom stereocenters. The molecule has 1 aliphatic heterocycles. The molecule has 2 aromatic rings. The van der Waals surface area contributed by atoms with Gasteiger partial charge in [0.1, 0.15) is 5.75 Å². The van der Waals surface area contributed by atoms with Gasteiger partial charge in [-0.3, -0.25) is 4.79 Å². The zero-order chi connectivity index (χ0) is 18.4. The number of hydrogen-bond donors (Lipinski definition) is 0. The van der Waals surface area contributed by atoms with E-state index in [1.165, 1.54) is 12.0 Å². The van der Waals surface area contributed by atoms with Crippen LogP contribution in [0.1, 0.15) is 48.5 Å². The fourth-order valence-electron chi connectivity index (χ4n) is 4.19. The Labute approximate surface area is 169 Å².